The fraction of sp³-hybridized carbons (Fsp3) is 0.286. The number of hydrogen-bond acceptors (Lipinski definition) is 2. The molecule has 0 bridgehead atoms. The lowest BCUT2D eigenvalue weighted by atomic mass is 10.2. The number of amides is 1. The number of carbonyl (C=O) groups excluding carboxylic acids is 1. The Bertz CT molecular complexity index is 592. The van der Waals surface area contributed by atoms with E-state index in [0.717, 1.165) is 5.69 Å². The second-order valence-corrected chi connectivity index (χ2v) is 4.68. The first-order chi connectivity index (χ1) is 9.06. The number of nitrogens with zero attached hydrogens (tertiary/aromatic N) is 3. The van der Waals surface area contributed by atoms with Crippen molar-refractivity contribution in [1.82, 2.24) is 14.7 Å². The summed E-state index contributed by atoms with van der Waals surface area (Å²) >= 11 is 6.31. The van der Waals surface area contributed by atoms with Gasteiger partial charge in [-0.05, 0) is 26.0 Å². The molecule has 4 nitrogen and oxygen atoms in total. The smallest absolute Gasteiger partial charge is 0.258 e. The third-order valence-electron chi connectivity index (χ3n) is 3.04. The molecule has 2 rings (SSSR count). The van der Waals surface area contributed by atoms with Crippen molar-refractivity contribution < 1.29 is 4.79 Å². The van der Waals surface area contributed by atoms with Crippen LogP contribution in [-0.4, -0.2) is 34.2 Å². The Morgan fingerprint density at radius 1 is 1.37 bits per heavy atom. The molecule has 5 heteroatoms. The van der Waals surface area contributed by atoms with Crippen LogP contribution in [0.4, 0.5) is 0 Å². The molecule has 0 saturated carbocycles. The minimum absolute atomic E-state index is 0.104. The topological polar surface area (TPSA) is 38.1 Å². The Morgan fingerprint density at radius 2 is 2.00 bits per heavy atom. The molecule has 100 valence electrons. The van der Waals surface area contributed by atoms with Crippen LogP contribution in [0.3, 0.4) is 0 Å². The molecule has 0 aliphatic carbocycles. The number of aromatic nitrogens is 2. The minimum atomic E-state index is -0.104. The number of halogens is 1. The molecule has 1 aromatic carbocycles. The molecule has 0 aliphatic rings. The lowest BCUT2D eigenvalue weighted by Crippen LogP contribution is -2.26. The van der Waals surface area contributed by atoms with E-state index in [0.29, 0.717) is 23.0 Å². The summed E-state index contributed by atoms with van der Waals surface area (Å²) in [6, 6.07) is 9.53. The summed E-state index contributed by atoms with van der Waals surface area (Å²) in [6.07, 6.45) is 0. The molecule has 1 amide bonds. The normalized spacial score (nSPS) is 10.5. The quantitative estimate of drug-likeness (QED) is 0.865. The van der Waals surface area contributed by atoms with Gasteiger partial charge in [-0.25, -0.2) is 4.68 Å². The zero-order valence-corrected chi connectivity index (χ0v) is 12.0. The molecule has 0 N–H and O–H groups in total. The number of hydrogen-bond donors (Lipinski definition) is 0. The first kappa shape index (κ1) is 13.6. The number of benzene rings is 1. The summed E-state index contributed by atoms with van der Waals surface area (Å²) < 4.78 is 1.59. The highest BCUT2D eigenvalue weighted by molar-refractivity contribution is 6.33. The van der Waals surface area contributed by atoms with Gasteiger partial charge in [0.15, 0.2) is 0 Å². The minimum Gasteiger partial charge on any atom is -0.342 e. The Hall–Kier alpha value is -1.81. The van der Waals surface area contributed by atoms with Crippen LogP contribution >= 0.6 is 11.6 Å². The van der Waals surface area contributed by atoms with Gasteiger partial charge in [0.25, 0.3) is 5.91 Å². The highest BCUT2D eigenvalue weighted by Crippen LogP contribution is 2.24. The van der Waals surface area contributed by atoms with Crippen molar-refractivity contribution in [2.75, 3.05) is 13.6 Å². The van der Waals surface area contributed by atoms with E-state index in [9.17, 15) is 4.79 Å². The lowest BCUT2D eigenvalue weighted by molar-refractivity contribution is 0.0802. The molecule has 2 aromatic rings. The van der Waals surface area contributed by atoms with Gasteiger partial charge in [0.05, 0.1) is 16.9 Å². The number of para-hydroxylation sites is 1. The van der Waals surface area contributed by atoms with Crippen LogP contribution < -0.4 is 0 Å². The van der Waals surface area contributed by atoms with Crippen LogP contribution in [0.2, 0.25) is 5.15 Å². The van der Waals surface area contributed by atoms with E-state index in [4.69, 9.17) is 11.6 Å². The second-order valence-electron chi connectivity index (χ2n) is 4.32. The van der Waals surface area contributed by atoms with Crippen molar-refractivity contribution in [3.05, 3.63) is 46.7 Å². The molecule has 1 aromatic heterocycles. The van der Waals surface area contributed by atoms with Crippen LogP contribution in [0, 0.1) is 6.92 Å². The average Bonchev–Trinajstić information content (AvgIpc) is 2.73. The summed E-state index contributed by atoms with van der Waals surface area (Å²) in [4.78, 5) is 13.9. The molecule has 0 radical (unpaired) electrons. The van der Waals surface area contributed by atoms with E-state index < -0.39 is 0 Å². The van der Waals surface area contributed by atoms with Gasteiger partial charge in [-0.1, -0.05) is 29.8 Å². The Morgan fingerprint density at radius 3 is 2.58 bits per heavy atom. The largest absolute Gasteiger partial charge is 0.342 e. The first-order valence-corrected chi connectivity index (χ1v) is 6.50. The highest BCUT2D eigenvalue weighted by Gasteiger charge is 2.22. The van der Waals surface area contributed by atoms with Gasteiger partial charge >= 0.3 is 0 Å². The van der Waals surface area contributed by atoms with E-state index in [2.05, 4.69) is 5.10 Å². The van der Waals surface area contributed by atoms with Crippen molar-refractivity contribution >= 4 is 17.5 Å². The van der Waals surface area contributed by atoms with Crippen molar-refractivity contribution in [3.63, 3.8) is 0 Å². The number of rotatable bonds is 3. The van der Waals surface area contributed by atoms with Crippen LogP contribution in [-0.2, 0) is 0 Å². The van der Waals surface area contributed by atoms with Gasteiger partial charge in [0.1, 0.15) is 5.15 Å². The molecule has 0 unspecified atom stereocenters. The molecule has 19 heavy (non-hydrogen) atoms. The van der Waals surface area contributed by atoms with Crippen LogP contribution in [0.1, 0.15) is 23.0 Å². The maximum atomic E-state index is 12.3. The maximum absolute atomic E-state index is 12.3. The van der Waals surface area contributed by atoms with E-state index in [1.54, 1.807) is 23.6 Å². The van der Waals surface area contributed by atoms with Gasteiger partial charge in [-0.15, -0.1) is 0 Å². The summed E-state index contributed by atoms with van der Waals surface area (Å²) in [5.41, 5.74) is 1.95. The number of aryl methyl sites for hydroxylation is 1. The van der Waals surface area contributed by atoms with Gasteiger partial charge in [0, 0.05) is 13.6 Å². The standard InChI is InChI=1S/C14H16ClN3O/c1-4-17(3)14(19)12-10(2)16-18(13(12)15)11-8-6-5-7-9-11/h5-9H,4H2,1-3H3. The Labute approximate surface area is 117 Å². The molecule has 0 fully saturated rings. The zero-order valence-electron chi connectivity index (χ0n) is 11.2. The number of carbonyl (C=O) groups is 1. The summed E-state index contributed by atoms with van der Waals surface area (Å²) in [7, 11) is 1.75. The monoisotopic (exact) mass is 277 g/mol. The molecule has 0 saturated heterocycles. The third kappa shape index (κ3) is 2.49. The second kappa shape index (κ2) is 5.45. The zero-order chi connectivity index (χ0) is 14.0. The van der Waals surface area contributed by atoms with Gasteiger partial charge in [-0.2, -0.15) is 5.10 Å². The average molecular weight is 278 g/mol. The third-order valence-corrected chi connectivity index (χ3v) is 3.39. The van der Waals surface area contributed by atoms with E-state index in [1.807, 2.05) is 37.3 Å². The molecule has 0 aliphatic heterocycles. The van der Waals surface area contributed by atoms with Crippen molar-refractivity contribution in [2.24, 2.45) is 0 Å². The highest BCUT2D eigenvalue weighted by atomic mass is 35.5. The fourth-order valence-corrected chi connectivity index (χ4v) is 2.17. The van der Waals surface area contributed by atoms with Gasteiger partial charge in [-0.3, -0.25) is 4.79 Å². The predicted octanol–water partition coefficient (Wildman–Crippen LogP) is 2.93. The molecule has 0 spiro atoms. The summed E-state index contributed by atoms with van der Waals surface area (Å²) in [5.74, 6) is -0.104. The van der Waals surface area contributed by atoms with Crippen molar-refractivity contribution in [1.29, 1.82) is 0 Å². The van der Waals surface area contributed by atoms with Crippen LogP contribution in [0.25, 0.3) is 5.69 Å². The lowest BCUT2D eigenvalue weighted by Gasteiger charge is -2.14. The van der Waals surface area contributed by atoms with Gasteiger partial charge < -0.3 is 4.90 Å². The Balaban J connectivity index is 2.49. The van der Waals surface area contributed by atoms with E-state index in [1.165, 1.54) is 0 Å². The van der Waals surface area contributed by atoms with Crippen LogP contribution in [0.5, 0.6) is 0 Å². The van der Waals surface area contributed by atoms with Crippen molar-refractivity contribution in [2.45, 2.75) is 13.8 Å². The Kier molecular flexibility index (Phi) is 3.90. The molecular weight excluding hydrogens is 262 g/mol. The maximum Gasteiger partial charge on any atom is 0.258 e. The predicted molar refractivity (Wildman–Crippen MR) is 75.9 cm³/mol. The molecule has 1 heterocycles. The van der Waals surface area contributed by atoms with E-state index in [-0.39, 0.29) is 5.91 Å². The van der Waals surface area contributed by atoms with E-state index >= 15 is 0 Å². The first-order valence-electron chi connectivity index (χ1n) is 6.12. The van der Waals surface area contributed by atoms with Gasteiger partial charge in [0.2, 0.25) is 0 Å². The van der Waals surface area contributed by atoms with Crippen molar-refractivity contribution in [3.8, 4) is 5.69 Å². The SMILES string of the molecule is CCN(C)C(=O)c1c(C)nn(-c2ccccc2)c1Cl. The molecule has 0 atom stereocenters. The summed E-state index contributed by atoms with van der Waals surface area (Å²) in [6.45, 7) is 4.34. The van der Waals surface area contributed by atoms with Crippen LogP contribution in [0.15, 0.2) is 30.3 Å². The summed E-state index contributed by atoms with van der Waals surface area (Å²) in [5, 5.41) is 4.71. The fourth-order valence-electron chi connectivity index (χ4n) is 1.82. The molecular formula is C14H16ClN3O.